The van der Waals surface area contributed by atoms with Gasteiger partial charge in [-0.05, 0) is 48.7 Å². The molecule has 0 aliphatic rings. The number of unbranched alkanes of at least 4 members (excludes halogenated alkanes) is 6. The SMILES string of the molecule is CCCCCCN(CCCCCC)c1ccc(C=Cc2scc(-c3ccccc3)[n+]2CCCS(=O)(=O)O)cc1. The van der Waals surface area contributed by atoms with E-state index in [2.05, 4.69) is 77.2 Å². The third-order valence-corrected chi connectivity index (χ3v) is 8.69. The maximum Gasteiger partial charge on any atom is 0.265 e. The van der Waals surface area contributed by atoms with Crippen molar-refractivity contribution in [2.75, 3.05) is 23.7 Å². The predicted molar refractivity (Wildman–Crippen MR) is 167 cm³/mol. The minimum absolute atomic E-state index is 0.248. The number of hydrogen-bond acceptors (Lipinski definition) is 4. The summed E-state index contributed by atoms with van der Waals surface area (Å²) in [4.78, 5) is 2.55. The minimum atomic E-state index is -3.98. The van der Waals surface area contributed by atoms with Crippen molar-refractivity contribution >= 4 is 39.3 Å². The topological polar surface area (TPSA) is 61.5 Å². The molecule has 0 atom stereocenters. The molecule has 0 saturated heterocycles. The van der Waals surface area contributed by atoms with E-state index in [9.17, 15) is 13.0 Å². The van der Waals surface area contributed by atoms with Gasteiger partial charge >= 0.3 is 0 Å². The fourth-order valence-electron chi connectivity index (χ4n) is 4.75. The van der Waals surface area contributed by atoms with Crippen LogP contribution in [0.1, 0.15) is 82.2 Å². The average Bonchev–Trinajstić information content (AvgIpc) is 3.33. The molecular weight excluding hydrogens is 524 g/mol. The van der Waals surface area contributed by atoms with Crippen molar-refractivity contribution in [2.45, 2.75) is 78.2 Å². The minimum Gasteiger partial charge on any atom is -0.372 e. The number of aromatic nitrogens is 1. The molecule has 0 aliphatic heterocycles. The second-order valence-electron chi connectivity index (χ2n) is 10.1. The Kier molecular flexibility index (Phi) is 13.2. The van der Waals surface area contributed by atoms with E-state index in [0.29, 0.717) is 13.0 Å². The Morgan fingerprint density at radius 3 is 2.05 bits per heavy atom. The maximum atomic E-state index is 11.3. The number of thiazole rings is 1. The van der Waals surface area contributed by atoms with Crippen LogP contribution in [0.3, 0.4) is 0 Å². The van der Waals surface area contributed by atoms with Crippen LogP contribution in [0, 0.1) is 0 Å². The summed E-state index contributed by atoms with van der Waals surface area (Å²) < 4.78 is 33.9. The molecule has 0 aliphatic carbocycles. The maximum absolute atomic E-state index is 11.3. The summed E-state index contributed by atoms with van der Waals surface area (Å²) in [6, 6.07) is 19.0. The summed E-state index contributed by atoms with van der Waals surface area (Å²) in [6.07, 6.45) is 14.8. The van der Waals surface area contributed by atoms with Gasteiger partial charge in [-0.2, -0.15) is 13.0 Å². The van der Waals surface area contributed by atoms with Crippen LogP contribution in [-0.2, 0) is 16.7 Å². The Labute approximate surface area is 240 Å². The first-order chi connectivity index (χ1) is 18.9. The van der Waals surface area contributed by atoms with Crippen molar-refractivity contribution < 1.29 is 17.5 Å². The lowest BCUT2D eigenvalue weighted by Gasteiger charge is -2.25. The number of anilines is 1. The summed E-state index contributed by atoms with van der Waals surface area (Å²) in [5.41, 5.74) is 4.56. The van der Waals surface area contributed by atoms with Gasteiger partial charge < -0.3 is 4.90 Å². The third kappa shape index (κ3) is 10.9. The van der Waals surface area contributed by atoms with Gasteiger partial charge in [0.15, 0.2) is 6.54 Å². The van der Waals surface area contributed by atoms with Gasteiger partial charge in [-0.25, -0.2) is 0 Å². The fraction of sp³-hybridized carbons (Fsp3) is 0.469. The molecule has 39 heavy (non-hydrogen) atoms. The Morgan fingerprint density at radius 1 is 0.821 bits per heavy atom. The zero-order valence-corrected chi connectivity index (χ0v) is 25.2. The second kappa shape index (κ2) is 16.6. The summed E-state index contributed by atoms with van der Waals surface area (Å²) in [6.45, 7) is 7.25. The van der Waals surface area contributed by atoms with Crippen molar-refractivity contribution in [3.05, 3.63) is 70.5 Å². The molecule has 1 N–H and O–H groups in total. The summed E-state index contributed by atoms with van der Waals surface area (Å²) >= 11 is 1.64. The number of benzene rings is 2. The summed E-state index contributed by atoms with van der Waals surface area (Å²) in [7, 11) is -3.98. The van der Waals surface area contributed by atoms with Gasteiger partial charge in [0.25, 0.3) is 15.1 Å². The van der Waals surface area contributed by atoms with Gasteiger partial charge in [0.2, 0.25) is 5.69 Å². The van der Waals surface area contributed by atoms with Crippen LogP contribution in [0.15, 0.2) is 60.0 Å². The highest BCUT2D eigenvalue weighted by Crippen LogP contribution is 2.23. The number of rotatable bonds is 18. The summed E-state index contributed by atoms with van der Waals surface area (Å²) in [5.74, 6) is -0.248. The van der Waals surface area contributed by atoms with E-state index in [1.807, 2.05) is 18.2 Å². The quantitative estimate of drug-likeness (QED) is 0.0955. The molecule has 0 unspecified atom stereocenters. The Balaban J connectivity index is 1.74. The molecule has 7 heteroatoms. The molecule has 1 aromatic heterocycles. The lowest BCUT2D eigenvalue weighted by Crippen LogP contribution is -2.37. The van der Waals surface area contributed by atoms with Gasteiger partial charge in [-0.15, -0.1) is 0 Å². The van der Waals surface area contributed by atoms with E-state index < -0.39 is 10.1 Å². The van der Waals surface area contributed by atoms with Gasteiger partial charge in [0, 0.05) is 36.8 Å². The molecule has 3 rings (SSSR count). The average molecular weight is 570 g/mol. The van der Waals surface area contributed by atoms with Crippen LogP contribution < -0.4 is 9.47 Å². The van der Waals surface area contributed by atoms with Crippen LogP contribution in [-0.4, -0.2) is 31.8 Å². The van der Waals surface area contributed by atoms with Crippen LogP contribution in [0.25, 0.3) is 23.4 Å². The molecule has 3 aromatic rings. The van der Waals surface area contributed by atoms with Gasteiger partial charge in [-0.3, -0.25) is 4.55 Å². The van der Waals surface area contributed by atoms with Crippen molar-refractivity contribution in [1.82, 2.24) is 0 Å². The molecule has 0 saturated carbocycles. The molecule has 5 nitrogen and oxygen atoms in total. The smallest absolute Gasteiger partial charge is 0.265 e. The molecule has 0 radical (unpaired) electrons. The van der Waals surface area contributed by atoms with Gasteiger partial charge in [-0.1, -0.05) is 94.0 Å². The Bertz CT molecular complexity index is 1220. The van der Waals surface area contributed by atoms with Crippen LogP contribution in [0.2, 0.25) is 0 Å². The standard InChI is InChI=1S/C32H44N2O3S2/c1-3-5-7-12-23-33(24-13-8-6-4-2)30-20-17-28(18-21-30)19-22-32-34(25-14-26-39(35,36)37)31(27-38-32)29-15-10-9-11-16-29/h9-11,15-22,27H,3-8,12-14,23-26H2,1-2H3/p+1. The van der Waals surface area contributed by atoms with Crippen molar-refractivity contribution in [3.63, 3.8) is 0 Å². The first-order valence-electron chi connectivity index (χ1n) is 14.5. The predicted octanol–water partition coefficient (Wildman–Crippen LogP) is 8.12. The molecule has 212 valence electrons. The van der Waals surface area contributed by atoms with Crippen LogP contribution in [0.5, 0.6) is 0 Å². The molecule has 1 heterocycles. The van der Waals surface area contributed by atoms with Crippen molar-refractivity contribution in [3.8, 4) is 11.3 Å². The van der Waals surface area contributed by atoms with Gasteiger partial charge in [0.05, 0.1) is 11.1 Å². The lowest BCUT2D eigenvalue weighted by atomic mass is 10.1. The number of nitrogens with zero attached hydrogens (tertiary/aromatic N) is 2. The highest BCUT2D eigenvalue weighted by molar-refractivity contribution is 7.85. The monoisotopic (exact) mass is 569 g/mol. The highest BCUT2D eigenvalue weighted by atomic mass is 32.2. The third-order valence-electron chi connectivity index (χ3n) is 6.94. The van der Waals surface area contributed by atoms with Crippen molar-refractivity contribution in [1.29, 1.82) is 0 Å². The van der Waals surface area contributed by atoms with Crippen LogP contribution >= 0.6 is 11.3 Å². The molecule has 2 aromatic carbocycles. The molecular formula is C32H45N2O3S2+. The Morgan fingerprint density at radius 2 is 1.46 bits per heavy atom. The van der Waals surface area contributed by atoms with E-state index in [-0.39, 0.29) is 5.75 Å². The zero-order chi connectivity index (χ0) is 27.9. The molecule has 0 bridgehead atoms. The highest BCUT2D eigenvalue weighted by Gasteiger charge is 2.21. The number of hydrogen-bond donors (Lipinski definition) is 1. The largest absolute Gasteiger partial charge is 0.372 e. The fourth-order valence-corrected chi connectivity index (χ4v) is 6.21. The Hall–Kier alpha value is -2.48. The van der Waals surface area contributed by atoms with E-state index in [4.69, 9.17) is 0 Å². The molecule has 0 fully saturated rings. The first kappa shape index (κ1) is 31.1. The lowest BCUT2D eigenvalue weighted by molar-refractivity contribution is -0.683. The first-order valence-corrected chi connectivity index (χ1v) is 16.9. The van der Waals surface area contributed by atoms with E-state index in [0.717, 1.165) is 34.9 Å². The molecule has 0 spiro atoms. The summed E-state index contributed by atoms with van der Waals surface area (Å²) in [5, 5.41) is 3.15. The van der Waals surface area contributed by atoms with E-state index >= 15 is 0 Å². The van der Waals surface area contributed by atoms with Gasteiger partial charge in [0.1, 0.15) is 0 Å². The second-order valence-corrected chi connectivity index (χ2v) is 12.6. The van der Waals surface area contributed by atoms with E-state index in [1.54, 1.807) is 11.3 Å². The van der Waals surface area contributed by atoms with E-state index in [1.165, 1.54) is 57.1 Å². The normalized spacial score (nSPS) is 11.9. The van der Waals surface area contributed by atoms with Crippen LogP contribution in [0.4, 0.5) is 5.69 Å². The molecule has 0 amide bonds. The van der Waals surface area contributed by atoms with Crippen molar-refractivity contribution in [2.24, 2.45) is 0 Å². The zero-order valence-electron chi connectivity index (χ0n) is 23.6.